The number of oxime groups is 2. The molecule has 0 saturated heterocycles. The number of anilines is 2. The Morgan fingerprint density at radius 1 is 0.717 bits per heavy atom. The summed E-state index contributed by atoms with van der Waals surface area (Å²) in [6, 6.07) is 21.2. The zero-order chi connectivity index (χ0) is 45.3. The lowest BCUT2D eigenvalue weighted by Crippen LogP contribution is -2.21. The molecule has 0 aliphatic rings. The number of carbonyl (C=O) groups excluding carboxylic acids is 2. The van der Waals surface area contributed by atoms with E-state index in [1.165, 1.54) is 47.9 Å². The second-order valence-corrected chi connectivity index (χ2v) is 16.3. The molecule has 3 N–H and O–H groups in total. The minimum absolute atomic E-state index is 0.000486. The van der Waals surface area contributed by atoms with Gasteiger partial charge in [0.15, 0.2) is 23.5 Å². The monoisotopic (exact) mass is 871 g/mol. The van der Waals surface area contributed by atoms with Gasteiger partial charge in [-0.2, -0.15) is 21.0 Å². The highest BCUT2D eigenvalue weighted by Crippen LogP contribution is 2.24. The van der Waals surface area contributed by atoms with Crippen LogP contribution in [0, 0.1) is 45.3 Å². The molecule has 18 heteroatoms. The smallest absolute Gasteiger partial charge is 0.257 e. The van der Waals surface area contributed by atoms with Gasteiger partial charge in [0.25, 0.3) is 22.6 Å². The van der Waals surface area contributed by atoms with Gasteiger partial charge in [0.2, 0.25) is 0 Å². The lowest BCUT2D eigenvalue weighted by atomic mass is 9.87. The molecule has 0 bridgehead atoms. The number of aromatic nitrogens is 2. The van der Waals surface area contributed by atoms with Gasteiger partial charge >= 0.3 is 0 Å². The van der Waals surface area contributed by atoms with Gasteiger partial charge in [0, 0.05) is 21.9 Å². The van der Waals surface area contributed by atoms with Crippen molar-refractivity contribution < 1.29 is 19.3 Å². The van der Waals surface area contributed by atoms with Gasteiger partial charge < -0.3 is 20.3 Å². The van der Waals surface area contributed by atoms with Gasteiger partial charge in [-0.25, -0.2) is 9.97 Å². The molecule has 0 saturated carbocycles. The van der Waals surface area contributed by atoms with Gasteiger partial charge in [-0.3, -0.25) is 14.9 Å². The summed E-state index contributed by atoms with van der Waals surface area (Å²) < 4.78 is 0. The number of hydrogen-bond acceptors (Lipinski definition) is 16. The van der Waals surface area contributed by atoms with Crippen LogP contribution in [0.25, 0.3) is 0 Å². The summed E-state index contributed by atoms with van der Waals surface area (Å²) in [5.74, 6) is -0.249. The van der Waals surface area contributed by atoms with Crippen molar-refractivity contribution in [2.45, 2.75) is 86.4 Å². The summed E-state index contributed by atoms with van der Waals surface area (Å²) in [4.78, 5) is 43.1. The number of amides is 1. The Morgan fingerprint density at radius 3 is 1.45 bits per heavy atom. The van der Waals surface area contributed by atoms with Gasteiger partial charge in [-0.05, 0) is 77.5 Å². The highest BCUT2D eigenvalue weighted by Gasteiger charge is 2.16. The molecule has 60 heavy (non-hydrogen) atoms. The van der Waals surface area contributed by atoms with E-state index in [9.17, 15) is 9.59 Å². The first kappa shape index (κ1) is 51.8. The van der Waals surface area contributed by atoms with Crippen molar-refractivity contribution in [3.05, 3.63) is 92.9 Å². The Morgan fingerprint density at radius 2 is 1.12 bits per heavy atom. The third kappa shape index (κ3) is 20.0. The number of nitrogen functional groups attached to an aromatic ring is 1. The number of nitrogens with two attached hydrogens (primary N) is 1. The standard InChI is InChI=1S/C18H17N5O2S.C11H13ClO.C7H5N5OS.C6H15N/c1-18(2,3)13-6-4-12(5-7-13)16(24)22-17-21-15(11-26-17)10-25-23-14(8-19)9-20;1-11(2,3)9-6-4-8(5-7-9)10(12)13;8-1-5(2-9)12-13-3-6-4-14-7(10)11-6;1-4-7(5-2)6-3/h4-7,11H,10H2,1-3H3,(H,21,22,24);4-7H,1-3H3;4H,3H2,(H2,10,11);4-6H2,1-3H3. The molecule has 4 aromatic rings. The third-order valence-corrected chi connectivity index (χ3v) is 9.58. The molecule has 0 unspecified atom stereocenters. The SMILES string of the molecule is CC(C)(C)c1ccc(C(=O)Cl)cc1.CC(C)(C)c1ccc(C(=O)Nc2nc(CON=C(C#N)C#N)cs2)cc1.CCN(CC)CC.N#CC(C#N)=NOCc1csc(N)n1. The molecule has 4 rings (SSSR count). The van der Waals surface area contributed by atoms with E-state index in [0.717, 1.165) is 5.56 Å². The first-order valence-electron chi connectivity index (χ1n) is 18.4. The highest BCUT2D eigenvalue weighted by atomic mass is 35.5. The van der Waals surface area contributed by atoms with Crippen molar-refractivity contribution in [2.24, 2.45) is 10.3 Å². The Balaban J connectivity index is 0.000000446. The Kier molecular flexibility index (Phi) is 23.1. The van der Waals surface area contributed by atoms with E-state index in [1.54, 1.807) is 59.3 Å². The molecule has 316 valence electrons. The molecule has 2 aromatic carbocycles. The average Bonchev–Trinajstić information content (AvgIpc) is 3.86. The lowest BCUT2D eigenvalue weighted by molar-refractivity contribution is 0.102. The summed E-state index contributed by atoms with van der Waals surface area (Å²) in [5.41, 5.74) is 9.43. The van der Waals surface area contributed by atoms with Crippen molar-refractivity contribution in [1.82, 2.24) is 14.9 Å². The second kappa shape index (κ2) is 26.7. The van der Waals surface area contributed by atoms with Gasteiger partial charge in [-0.15, -0.1) is 22.7 Å². The molecule has 0 atom stereocenters. The van der Waals surface area contributed by atoms with E-state index in [2.05, 4.69) is 92.8 Å². The number of nitriles is 4. The molecule has 0 fully saturated rings. The molecule has 0 radical (unpaired) electrons. The predicted molar refractivity (Wildman–Crippen MR) is 237 cm³/mol. The molecular formula is C42H50ClN11O4S2. The summed E-state index contributed by atoms with van der Waals surface area (Å²) >= 11 is 7.86. The number of rotatable bonds is 12. The quantitative estimate of drug-likeness (QED) is 0.0770. The van der Waals surface area contributed by atoms with Crippen LogP contribution < -0.4 is 11.1 Å². The van der Waals surface area contributed by atoms with E-state index in [0.29, 0.717) is 32.8 Å². The molecule has 0 aliphatic carbocycles. The summed E-state index contributed by atoms with van der Waals surface area (Å²) in [6.07, 6.45) is 0. The van der Waals surface area contributed by atoms with Crippen LogP contribution in [0.4, 0.5) is 10.3 Å². The molecule has 15 nitrogen and oxygen atoms in total. The van der Waals surface area contributed by atoms with Crippen molar-refractivity contribution in [3.63, 3.8) is 0 Å². The molecule has 0 spiro atoms. The molecule has 1 amide bonds. The Labute approximate surface area is 365 Å². The maximum absolute atomic E-state index is 12.3. The lowest BCUT2D eigenvalue weighted by Gasteiger charge is -2.18. The first-order valence-corrected chi connectivity index (χ1v) is 20.6. The average molecular weight is 873 g/mol. The number of carbonyl (C=O) groups is 2. The molecule has 2 heterocycles. The van der Waals surface area contributed by atoms with Crippen LogP contribution in [0.3, 0.4) is 0 Å². The van der Waals surface area contributed by atoms with Crippen LogP contribution in [-0.2, 0) is 33.7 Å². The highest BCUT2D eigenvalue weighted by molar-refractivity contribution is 7.14. The van der Waals surface area contributed by atoms with Crippen LogP contribution in [0.15, 0.2) is 69.6 Å². The second-order valence-electron chi connectivity index (χ2n) is 14.2. The fourth-order valence-electron chi connectivity index (χ4n) is 4.34. The Bertz CT molecular complexity index is 2150. The summed E-state index contributed by atoms with van der Waals surface area (Å²) in [7, 11) is 0. The predicted octanol–water partition coefficient (Wildman–Crippen LogP) is 8.97. The zero-order valence-corrected chi connectivity index (χ0v) is 37.6. The van der Waals surface area contributed by atoms with Crippen molar-refractivity contribution in [1.29, 1.82) is 21.0 Å². The minimum Gasteiger partial charge on any atom is -0.388 e. The Hall–Kier alpha value is -6.21. The topological polar surface area (TPSA) is 240 Å². The van der Waals surface area contributed by atoms with E-state index in [1.807, 2.05) is 24.3 Å². The maximum atomic E-state index is 12.3. The number of thiazole rings is 2. The van der Waals surface area contributed by atoms with E-state index in [4.69, 9.17) is 48.1 Å². The number of hydrogen-bond donors (Lipinski definition) is 2. The van der Waals surface area contributed by atoms with Gasteiger partial charge in [-0.1, -0.05) is 96.9 Å². The minimum atomic E-state index is -0.402. The van der Waals surface area contributed by atoms with Crippen LogP contribution in [-0.4, -0.2) is 57.1 Å². The fraction of sp³-hybridized carbons (Fsp3) is 0.381. The normalized spacial score (nSPS) is 10.1. The number of nitrogens with one attached hydrogen (secondary N) is 1. The summed E-state index contributed by atoms with van der Waals surface area (Å²) in [5, 5.41) is 47.0. The van der Waals surface area contributed by atoms with Gasteiger partial charge in [0.05, 0.1) is 11.4 Å². The molecule has 2 aromatic heterocycles. The van der Waals surface area contributed by atoms with Crippen LogP contribution >= 0.6 is 34.3 Å². The van der Waals surface area contributed by atoms with E-state index < -0.39 is 5.24 Å². The first-order chi connectivity index (χ1) is 28.3. The zero-order valence-electron chi connectivity index (χ0n) is 35.2. The molecular weight excluding hydrogens is 822 g/mol. The van der Waals surface area contributed by atoms with E-state index in [-0.39, 0.29) is 41.4 Å². The van der Waals surface area contributed by atoms with Crippen LogP contribution in [0.5, 0.6) is 0 Å². The van der Waals surface area contributed by atoms with Crippen molar-refractivity contribution in [3.8, 4) is 24.3 Å². The summed E-state index contributed by atoms with van der Waals surface area (Å²) in [6.45, 7) is 22.9. The van der Waals surface area contributed by atoms with Crippen molar-refractivity contribution in [2.75, 3.05) is 30.7 Å². The fourth-order valence-corrected chi connectivity index (χ4v) is 5.70. The van der Waals surface area contributed by atoms with Gasteiger partial charge in [0.1, 0.15) is 24.3 Å². The largest absolute Gasteiger partial charge is 0.388 e. The maximum Gasteiger partial charge on any atom is 0.257 e. The number of benzene rings is 2. The third-order valence-electron chi connectivity index (χ3n) is 7.83. The van der Waals surface area contributed by atoms with Crippen molar-refractivity contribution >= 4 is 67.1 Å². The van der Waals surface area contributed by atoms with Crippen LogP contribution in [0.2, 0.25) is 0 Å². The number of halogens is 1. The number of nitrogens with zero attached hydrogens (tertiary/aromatic N) is 9. The van der Waals surface area contributed by atoms with E-state index >= 15 is 0 Å². The van der Waals surface area contributed by atoms with Crippen LogP contribution in [0.1, 0.15) is 106 Å². The molecule has 0 aliphatic heterocycles.